The molecule has 0 N–H and O–H groups in total. The molecule has 0 fully saturated rings. The summed E-state index contributed by atoms with van der Waals surface area (Å²) in [6, 6.07) is 56.0. The summed E-state index contributed by atoms with van der Waals surface area (Å²) in [6.07, 6.45) is 0. The molecule has 6 aromatic carbocycles. The lowest BCUT2D eigenvalue weighted by atomic mass is 10.3. The monoisotopic (exact) mass is 618 g/mol. The lowest BCUT2D eigenvalue weighted by Crippen LogP contribution is -1.93. The van der Waals surface area contributed by atoms with Crippen LogP contribution in [0.25, 0.3) is 0 Å². The Morgan fingerprint density at radius 2 is 0.488 bits per heavy atom. The van der Waals surface area contributed by atoms with E-state index in [2.05, 4.69) is 158 Å². The third kappa shape index (κ3) is 7.68. The maximum absolute atomic E-state index is 2.40. The lowest BCUT2D eigenvalue weighted by molar-refractivity contribution is 0.957. The summed E-state index contributed by atoms with van der Waals surface area (Å²) in [5.74, 6) is 0. The lowest BCUT2D eigenvalue weighted by Gasteiger charge is -2.21. The second kappa shape index (κ2) is 14.3. The van der Waals surface area contributed by atoms with E-state index in [1.54, 1.807) is 0 Å². The molecular weight excluding hydrogens is 593 g/mol. The van der Waals surface area contributed by atoms with Gasteiger partial charge in [0.1, 0.15) is 0 Å². The van der Waals surface area contributed by atoms with Gasteiger partial charge >= 0.3 is 0 Å². The van der Waals surface area contributed by atoms with Gasteiger partial charge in [-0.05, 0) is 66.7 Å². The summed E-state index contributed by atoms with van der Waals surface area (Å²) >= 11 is 9.25. The standard InChI is InChI=1S/C36H26S5/c1-6-16-27(17-7-1)37-32-26-33(38-28-18-8-2-9-19-28)35(40-30-22-12-4-13-23-30)36(41-31-24-14-5-15-25-31)34(32)39-29-20-10-3-11-21-29/h1-26H. The summed E-state index contributed by atoms with van der Waals surface area (Å²) < 4.78 is 0. The largest absolute Gasteiger partial charge is 0.0888 e. The van der Waals surface area contributed by atoms with Crippen molar-refractivity contribution in [3.8, 4) is 0 Å². The number of rotatable bonds is 10. The Morgan fingerprint density at radius 3 is 0.780 bits per heavy atom. The Balaban J connectivity index is 1.58. The molecule has 0 aromatic heterocycles. The quantitative estimate of drug-likeness (QED) is 0.149. The maximum atomic E-state index is 2.40. The van der Waals surface area contributed by atoms with Crippen LogP contribution in [-0.2, 0) is 0 Å². The molecule has 0 atom stereocenters. The van der Waals surface area contributed by atoms with Crippen molar-refractivity contribution in [2.75, 3.05) is 0 Å². The van der Waals surface area contributed by atoms with Crippen molar-refractivity contribution in [1.29, 1.82) is 0 Å². The smallest absolute Gasteiger partial charge is 0.0424 e. The molecule has 0 saturated heterocycles. The molecule has 0 radical (unpaired) electrons. The van der Waals surface area contributed by atoms with Crippen molar-refractivity contribution in [2.45, 2.75) is 49.0 Å². The molecule has 0 unspecified atom stereocenters. The van der Waals surface area contributed by atoms with Crippen LogP contribution in [0.2, 0.25) is 0 Å². The predicted molar refractivity (Wildman–Crippen MR) is 179 cm³/mol. The van der Waals surface area contributed by atoms with Crippen molar-refractivity contribution >= 4 is 58.8 Å². The maximum Gasteiger partial charge on any atom is 0.0424 e. The zero-order valence-electron chi connectivity index (χ0n) is 22.1. The van der Waals surface area contributed by atoms with Gasteiger partial charge in [0.15, 0.2) is 0 Å². The molecular formula is C36H26S5. The van der Waals surface area contributed by atoms with Crippen molar-refractivity contribution in [3.05, 3.63) is 158 Å². The highest BCUT2D eigenvalue weighted by Crippen LogP contribution is 2.54. The van der Waals surface area contributed by atoms with Gasteiger partial charge in [-0.2, -0.15) is 0 Å². The topological polar surface area (TPSA) is 0 Å². The molecule has 6 aromatic rings. The zero-order chi connectivity index (χ0) is 27.7. The van der Waals surface area contributed by atoms with Gasteiger partial charge in [0, 0.05) is 49.0 Å². The van der Waals surface area contributed by atoms with Gasteiger partial charge in [0.05, 0.1) is 0 Å². The fourth-order valence-electron chi connectivity index (χ4n) is 4.06. The Bertz CT molecular complexity index is 1570. The van der Waals surface area contributed by atoms with Gasteiger partial charge in [-0.3, -0.25) is 0 Å². The highest BCUT2D eigenvalue weighted by Gasteiger charge is 2.23. The van der Waals surface area contributed by atoms with Crippen LogP contribution in [-0.4, -0.2) is 0 Å². The first-order valence-corrected chi connectivity index (χ1v) is 17.3. The molecule has 0 aliphatic carbocycles. The summed E-state index contributed by atoms with van der Waals surface area (Å²) in [4.78, 5) is 12.6. The van der Waals surface area contributed by atoms with Gasteiger partial charge in [-0.25, -0.2) is 0 Å². The third-order valence-electron chi connectivity index (χ3n) is 5.95. The van der Waals surface area contributed by atoms with Gasteiger partial charge in [-0.1, -0.05) is 150 Å². The molecule has 41 heavy (non-hydrogen) atoms. The molecule has 200 valence electrons. The summed E-state index contributed by atoms with van der Waals surface area (Å²) in [5.41, 5.74) is 0. The van der Waals surface area contributed by atoms with Crippen LogP contribution in [0.3, 0.4) is 0 Å². The molecule has 5 heteroatoms. The predicted octanol–water partition coefficient (Wildman–Crippen LogP) is 12.4. The van der Waals surface area contributed by atoms with E-state index in [9.17, 15) is 0 Å². The van der Waals surface area contributed by atoms with Crippen LogP contribution in [0.4, 0.5) is 0 Å². The summed E-state index contributed by atoms with van der Waals surface area (Å²) in [7, 11) is 0. The van der Waals surface area contributed by atoms with Crippen LogP contribution in [0, 0.1) is 0 Å². The Hall–Kier alpha value is -2.93. The molecule has 0 heterocycles. The zero-order valence-corrected chi connectivity index (χ0v) is 26.1. The minimum atomic E-state index is 1.23. The Labute approximate surface area is 263 Å². The molecule has 0 aliphatic rings. The average Bonchev–Trinajstić information content (AvgIpc) is 3.03. The van der Waals surface area contributed by atoms with E-state index in [1.165, 1.54) is 49.0 Å². The van der Waals surface area contributed by atoms with Crippen molar-refractivity contribution in [2.24, 2.45) is 0 Å². The third-order valence-corrected chi connectivity index (χ3v) is 12.0. The minimum absolute atomic E-state index is 1.23. The second-order valence-corrected chi connectivity index (χ2v) is 14.4. The van der Waals surface area contributed by atoms with Crippen molar-refractivity contribution in [1.82, 2.24) is 0 Å². The first kappa shape index (κ1) is 28.2. The van der Waals surface area contributed by atoms with Gasteiger partial charge in [0.2, 0.25) is 0 Å². The molecule has 6 rings (SSSR count). The molecule has 0 nitrogen and oxygen atoms in total. The number of benzene rings is 6. The van der Waals surface area contributed by atoms with E-state index in [1.807, 2.05) is 58.8 Å². The number of hydrogen-bond donors (Lipinski definition) is 0. The van der Waals surface area contributed by atoms with E-state index in [0.29, 0.717) is 0 Å². The highest BCUT2D eigenvalue weighted by atomic mass is 32.2. The van der Waals surface area contributed by atoms with E-state index in [-0.39, 0.29) is 0 Å². The van der Waals surface area contributed by atoms with Crippen LogP contribution in [0.15, 0.2) is 207 Å². The van der Waals surface area contributed by atoms with Crippen molar-refractivity contribution in [3.63, 3.8) is 0 Å². The Morgan fingerprint density at radius 1 is 0.244 bits per heavy atom. The first-order chi connectivity index (χ1) is 20.3. The molecule has 0 bridgehead atoms. The van der Waals surface area contributed by atoms with Crippen LogP contribution in [0.5, 0.6) is 0 Å². The summed E-state index contributed by atoms with van der Waals surface area (Å²) in [6.45, 7) is 0. The van der Waals surface area contributed by atoms with Gasteiger partial charge < -0.3 is 0 Å². The van der Waals surface area contributed by atoms with Crippen molar-refractivity contribution < 1.29 is 0 Å². The van der Waals surface area contributed by atoms with Crippen LogP contribution in [0.1, 0.15) is 0 Å². The Kier molecular flexibility index (Phi) is 9.84. The van der Waals surface area contributed by atoms with E-state index < -0.39 is 0 Å². The highest BCUT2D eigenvalue weighted by molar-refractivity contribution is 8.05. The second-order valence-electron chi connectivity index (χ2n) is 8.94. The number of hydrogen-bond acceptors (Lipinski definition) is 5. The fraction of sp³-hybridized carbons (Fsp3) is 0. The normalized spacial score (nSPS) is 10.9. The average molecular weight is 619 g/mol. The minimum Gasteiger partial charge on any atom is -0.0888 e. The van der Waals surface area contributed by atoms with Crippen LogP contribution < -0.4 is 0 Å². The first-order valence-electron chi connectivity index (χ1n) is 13.2. The molecule has 0 spiro atoms. The van der Waals surface area contributed by atoms with Crippen LogP contribution >= 0.6 is 58.8 Å². The van der Waals surface area contributed by atoms with E-state index >= 15 is 0 Å². The molecule has 0 amide bonds. The van der Waals surface area contributed by atoms with E-state index in [4.69, 9.17) is 0 Å². The van der Waals surface area contributed by atoms with Gasteiger partial charge in [-0.15, -0.1) is 0 Å². The van der Waals surface area contributed by atoms with E-state index in [0.717, 1.165) is 0 Å². The fourth-order valence-corrected chi connectivity index (χ4v) is 9.87. The molecule has 0 aliphatic heterocycles. The SMILES string of the molecule is c1ccc(Sc2cc(Sc3ccccc3)c(Sc3ccccc3)c(Sc3ccccc3)c2Sc2ccccc2)cc1. The summed E-state index contributed by atoms with van der Waals surface area (Å²) in [5, 5.41) is 0. The molecule has 0 saturated carbocycles. The van der Waals surface area contributed by atoms with Gasteiger partial charge in [0.25, 0.3) is 0 Å².